The SMILES string of the molecule is COc1c2c(cc3c1[C@@H](c1nnnn1Cc1ccccc1)N(C)CC3)OCO2. The van der Waals surface area contributed by atoms with Gasteiger partial charge in [0.25, 0.3) is 0 Å². The number of benzene rings is 2. The van der Waals surface area contributed by atoms with E-state index in [1.807, 2.05) is 22.9 Å². The zero-order chi connectivity index (χ0) is 19.1. The van der Waals surface area contributed by atoms with Crippen molar-refractivity contribution in [2.45, 2.75) is 19.0 Å². The van der Waals surface area contributed by atoms with Gasteiger partial charge in [-0.3, -0.25) is 4.90 Å². The number of likely N-dealkylation sites (N-methyl/N-ethyl adjacent to an activating group) is 1. The number of hydrogen-bond acceptors (Lipinski definition) is 7. The molecule has 0 amide bonds. The molecule has 28 heavy (non-hydrogen) atoms. The van der Waals surface area contributed by atoms with Crippen molar-refractivity contribution in [3.8, 4) is 17.2 Å². The maximum atomic E-state index is 5.78. The van der Waals surface area contributed by atoms with Gasteiger partial charge in [0.05, 0.1) is 13.7 Å². The van der Waals surface area contributed by atoms with E-state index in [0.717, 1.165) is 35.7 Å². The molecule has 2 aromatic carbocycles. The Kier molecular flexibility index (Phi) is 4.12. The minimum Gasteiger partial charge on any atom is -0.492 e. The van der Waals surface area contributed by atoms with Gasteiger partial charge in [0.1, 0.15) is 6.04 Å². The van der Waals surface area contributed by atoms with E-state index in [4.69, 9.17) is 14.2 Å². The lowest BCUT2D eigenvalue weighted by Crippen LogP contribution is -2.35. The summed E-state index contributed by atoms with van der Waals surface area (Å²) in [5.74, 6) is 2.88. The second kappa shape index (κ2) is 6.79. The number of methoxy groups -OCH3 is 1. The molecule has 0 spiro atoms. The Morgan fingerprint density at radius 1 is 1.21 bits per heavy atom. The Morgan fingerprint density at radius 2 is 2.07 bits per heavy atom. The molecule has 2 aliphatic rings. The van der Waals surface area contributed by atoms with E-state index in [1.54, 1.807) is 7.11 Å². The fourth-order valence-electron chi connectivity index (χ4n) is 4.04. The maximum Gasteiger partial charge on any atom is 0.231 e. The van der Waals surface area contributed by atoms with Gasteiger partial charge in [-0.2, -0.15) is 0 Å². The minimum atomic E-state index is -0.132. The van der Waals surface area contributed by atoms with Crippen LogP contribution < -0.4 is 14.2 Å². The van der Waals surface area contributed by atoms with Crippen LogP contribution in [0.15, 0.2) is 36.4 Å². The van der Waals surface area contributed by atoms with Crippen molar-refractivity contribution in [2.24, 2.45) is 0 Å². The quantitative estimate of drug-likeness (QED) is 0.687. The number of rotatable bonds is 4. The highest BCUT2D eigenvalue weighted by atomic mass is 16.7. The molecule has 2 aliphatic heterocycles. The summed E-state index contributed by atoms with van der Waals surface area (Å²) in [5.41, 5.74) is 3.37. The molecule has 3 heterocycles. The van der Waals surface area contributed by atoms with Crippen LogP contribution in [-0.4, -0.2) is 52.6 Å². The number of hydrogen-bond donors (Lipinski definition) is 0. The molecule has 0 bridgehead atoms. The van der Waals surface area contributed by atoms with Gasteiger partial charge in [0.2, 0.25) is 12.5 Å². The van der Waals surface area contributed by atoms with Crippen LogP contribution in [0.25, 0.3) is 0 Å². The third kappa shape index (κ3) is 2.68. The number of tetrazole rings is 1. The Hall–Kier alpha value is -3.13. The van der Waals surface area contributed by atoms with E-state index >= 15 is 0 Å². The summed E-state index contributed by atoms with van der Waals surface area (Å²) in [6.07, 6.45) is 0.898. The van der Waals surface area contributed by atoms with Crippen LogP contribution in [0.5, 0.6) is 17.2 Å². The first-order valence-electron chi connectivity index (χ1n) is 9.26. The van der Waals surface area contributed by atoms with Gasteiger partial charge >= 0.3 is 0 Å². The Labute approximate surface area is 162 Å². The van der Waals surface area contributed by atoms with E-state index < -0.39 is 0 Å². The van der Waals surface area contributed by atoms with Crippen molar-refractivity contribution in [3.05, 3.63) is 58.9 Å². The summed E-state index contributed by atoms with van der Waals surface area (Å²) in [5, 5.41) is 12.6. The zero-order valence-corrected chi connectivity index (χ0v) is 15.8. The molecule has 0 N–H and O–H groups in total. The van der Waals surface area contributed by atoms with Gasteiger partial charge in [-0.05, 0) is 41.1 Å². The molecule has 0 radical (unpaired) electrons. The number of fused-ring (bicyclic) bond motifs is 2. The first-order valence-corrected chi connectivity index (χ1v) is 9.26. The van der Waals surface area contributed by atoms with Gasteiger partial charge in [0.15, 0.2) is 17.3 Å². The van der Waals surface area contributed by atoms with Crippen molar-refractivity contribution in [1.29, 1.82) is 0 Å². The molecule has 1 aromatic heterocycles. The van der Waals surface area contributed by atoms with Crippen LogP contribution in [0.1, 0.15) is 28.6 Å². The number of nitrogens with zero attached hydrogens (tertiary/aromatic N) is 5. The average molecular weight is 379 g/mol. The topological polar surface area (TPSA) is 74.5 Å². The molecular weight excluding hydrogens is 358 g/mol. The summed E-state index contributed by atoms with van der Waals surface area (Å²) in [7, 11) is 3.75. The Bertz CT molecular complexity index is 1000. The first kappa shape index (κ1) is 17.0. The van der Waals surface area contributed by atoms with Crippen LogP contribution in [0, 0.1) is 0 Å². The molecule has 0 aliphatic carbocycles. The first-order chi connectivity index (χ1) is 13.8. The number of ether oxygens (including phenoxy) is 3. The normalized spacial score (nSPS) is 18.1. The lowest BCUT2D eigenvalue weighted by Gasteiger charge is -2.34. The predicted octanol–water partition coefficient (Wildman–Crippen LogP) is 2.04. The highest BCUT2D eigenvalue weighted by Crippen LogP contribution is 2.50. The second-order valence-electron chi connectivity index (χ2n) is 7.03. The lowest BCUT2D eigenvalue weighted by molar-refractivity contribution is 0.170. The van der Waals surface area contributed by atoms with E-state index in [1.165, 1.54) is 5.56 Å². The average Bonchev–Trinajstić information content (AvgIpc) is 3.36. The summed E-state index contributed by atoms with van der Waals surface area (Å²) < 4.78 is 18.9. The van der Waals surface area contributed by atoms with E-state index in [9.17, 15) is 0 Å². The number of aromatic nitrogens is 4. The van der Waals surface area contributed by atoms with Crippen molar-refractivity contribution in [3.63, 3.8) is 0 Å². The van der Waals surface area contributed by atoms with Gasteiger partial charge in [0, 0.05) is 12.1 Å². The molecule has 3 aromatic rings. The molecule has 0 saturated heterocycles. The molecule has 0 saturated carbocycles. The van der Waals surface area contributed by atoms with Gasteiger partial charge in [-0.15, -0.1) is 5.10 Å². The highest BCUT2D eigenvalue weighted by molar-refractivity contribution is 5.62. The summed E-state index contributed by atoms with van der Waals surface area (Å²) in [6, 6.07) is 12.1. The Morgan fingerprint density at radius 3 is 2.89 bits per heavy atom. The fraction of sp³-hybridized carbons (Fsp3) is 0.350. The molecule has 8 nitrogen and oxygen atoms in total. The molecule has 5 rings (SSSR count). The third-order valence-corrected chi connectivity index (χ3v) is 5.38. The molecule has 1 atom stereocenters. The lowest BCUT2D eigenvalue weighted by atomic mass is 9.90. The smallest absolute Gasteiger partial charge is 0.231 e. The highest BCUT2D eigenvalue weighted by Gasteiger charge is 2.37. The molecule has 0 unspecified atom stereocenters. The van der Waals surface area contributed by atoms with E-state index in [2.05, 4.69) is 45.7 Å². The maximum absolute atomic E-state index is 5.78. The van der Waals surface area contributed by atoms with Crippen LogP contribution >= 0.6 is 0 Å². The fourth-order valence-corrected chi connectivity index (χ4v) is 4.04. The standard InChI is InChI=1S/C20H21N5O3/c1-24-9-8-14-10-15-18(28-12-27-15)19(26-2)16(14)17(24)20-21-22-23-25(20)11-13-6-4-3-5-7-13/h3-7,10,17H,8-9,11-12H2,1-2H3/t17-/m0/s1. The Balaban J connectivity index is 1.62. The largest absolute Gasteiger partial charge is 0.492 e. The second-order valence-corrected chi connectivity index (χ2v) is 7.03. The summed E-state index contributed by atoms with van der Waals surface area (Å²) in [6.45, 7) is 1.70. The minimum absolute atomic E-state index is 0.132. The molecule has 144 valence electrons. The van der Waals surface area contributed by atoms with Crippen LogP contribution in [0.4, 0.5) is 0 Å². The summed E-state index contributed by atoms with van der Waals surface area (Å²) in [4.78, 5) is 2.25. The van der Waals surface area contributed by atoms with Gasteiger partial charge < -0.3 is 14.2 Å². The van der Waals surface area contributed by atoms with Crippen LogP contribution in [0.3, 0.4) is 0 Å². The third-order valence-electron chi connectivity index (χ3n) is 5.38. The molecule has 8 heteroatoms. The van der Waals surface area contributed by atoms with Crippen LogP contribution in [0.2, 0.25) is 0 Å². The van der Waals surface area contributed by atoms with Crippen molar-refractivity contribution in [2.75, 3.05) is 27.5 Å². The van der Waals surface area contributed by atoms with Crippen molar-refractivity contribution in [1.82, 2.24) is 25.1 Å². The molecular formula is C20H21N5O3. The van der Waals surface area contributed by atoms with Gasteiger partial charge in [-0.25, -0.2) is 4.68 Å². The van der Waals surface area contributed by atoms with Crippen molar-refractivity contribution >= 4 is 0 Å². The van der Waals surface area contributed by atoms with Gasteiger partial charge in [-0.1, -0.05) is 30.3 Å². The zero-order valence-electron chi connectivity index (χ0n) is 15.8. The van der Waals surface area contributed by atoms with Crippen LogP contribution in [-0.2, 0) is 13.0 Å². The summed E-state index contributed by atoms with van der Waals surface area (Å²) >= 11 is 0. The molecule has 0 fully saturated rings. The van der Waals surface area contributed by atoms with E-state index in [-0.39, 0.29) is 12.8 Å². The predicted molar refractivity (Wildman–Crippen MR) is 101 cm³/mol. The van der Waals surface area contributed by atoms with E-state index in [0.29, 0.717) is 18.0 Å². The van der Waals surface area contributed by atoms with Crippen molar-refractivity contribution < 1.29 is 14.2 Å². The monoisotopic (exact) mass is 379 g/mol.